The minimum atomic E-state index is -3.23. The maximum atomic E-state index is 12.0. The van der Waals surface area contributed by atoms with Crippen LogP contribution in [0.25, 0.3) is 11.1 Å². The summed E-state index contributed by atoms with van der Waals surface area (Å²) in [5.74, 6) is 0. The summed E-state index contributed by atoms with van der Waals surface area (Å²) in [6.45, 7) is 13.6. The molecule has 194 valence electrons. The highest BCUT2D eigenvalue weighted by atomic mass is 79.9. The average molecular weight is 580 g/mol. The predicted octanol–water partition coefficient (Wildman–Crippen LogP) is 8.76. The number of allylic oxidation sites excluding steroid dienone is 1. The minimum absolute atomic E-state index is 0.0168. The lowest BCUT2D eigenvalue weighted by molar-refractivity contribution is 0.219. The van der Waals surface area contributed by atoms with Crippen molar-refractivity contribution in [2.75, 3.05) is 11.6 Å². The smallest absolute Gasteiger partial charge is 0.192 e. The maximum Gasteiger partial charge on any atom is 0.192 e. The van der Waals surface area contributed by atoms with Crippen LogP contribution in [0.3, 0.4) is 0 Å². The van der Waals surface area contributed by atoms with Crippen LogP contribution in [0, 0.1) is 0 Å². The Hall–Kier alpha value is -1.21. The van der Waals surface area contributed by atoms with Gasteiger partial charge in [-0.1, -0.05) is 98.4 Å². The number of benzene rings is 2. The second kappa shape index (κ2) is 12.8. The second-order valence-electron chi connectivity index (χ2n) is 11.0. The van der Waals surface area contributed by atoms with Crippen molar-refractivity contribution in [2.24, 2.45) is 0 Å². The van der Waals surface area contributed by atoms with Crippen molar-refractivity contribution in [1.82, 2.24) is 0 Å². The molecule has 0 spiro atoms. The highest BCUT2D eigenvalue weighted by Crippen LogP contribution is 2.41. The Morgan fingerprint density at radius 1 is 0.914 bits per heavy atom. The summed E-state index contributed by atoms with van der Waals surface area (Å²) in [4.78, 5) is 0.344. The fourth-order valence-electron chi connectivity index (χ4n) is 3.94. The van der Waals surface area contributed by atoms with Crippen LogP contribution < -0.4 is 0 Å². The van der Waals surface area contributed by atoms with Crippen LogP contribution in [0.15, 0.2) is 59.5 Å². The van der Waals surface area contributed by atoms with Gasteiger partial charge in [-0.15, -0.1) is 0 Å². The first-order chi connectivity index (χ1) is 16.3. The lowest BCUT2D eigenvalue weighted by atomic mass is 9.89. The summed E-state index contributed by atoms with van der Waals surface area (Å²) in [5, 5.41) is 1.16. The predicted molar refractivity (Wildman–Crippen MR) is 157 cm³/mol. The number of alkyl halides is 1. The highest BCUT2D eigenvalue weighted by Gasteiger charge is 2.40. The van der Waals surface area contributed by atoms with Crippen molar-refractivity contribution in [3.05, 3.63) is 65.7 Å². The van der Waals surface area contributed by atoms with Crippen molar-refractivity contribution < 1.29 is 12.8 Å². The van der Waals surface area contributed by atoms with Gasteiger partial charge in [0.2, 0.25) is 0 Å². The summed E-state index contributed by atoms with van der Waals surface area (Å²) in [6.07, 6.45) is 6.92. The Labute approximate surface area is 223 Å². The number of hydrogen-bond donors (Lipinski definition) is 0. The minimum Gasteiger partial charge on any atom is -0.410 e. The van der Waals surface area contributed by atoms with Gasteiger partial charge in [-0.3, -0.25) is 0 Å². The zero-order chi connectivity index (χ0) is 26.3. The van der Waals surface area contributed by atoms with Gasteiger partial charge < -0.3 is 4.43 Å². The summed E-state index contributed by atoms with van der Waals surface area (Å²) < 4.78 is 31.1. The van der Waals surface area contributed by atoms with E-state index in [0.717, 1.165) is 29.3 Å². The van der Waals surface area contributed by atoms with E-state index in [1.54, 1.807) is 12.1 Å². The van der Waals surface area contributed by atoms with Gasteiger partial charge >= 0.3 is 0 Å². The molecule has 2 aromatic carbocycles. The van der Waals surface area contributed by atoms with Gasteiger partial charge in [-0.2, -0.15) is 0 Å². The van der Waals surface area contributed by atoms with Crippen LogP contribution >= 0.6 is 15.9 Å². The molecule has 0 amide bonds. The lowest BCUT2D eigenvalue weighted by Crippen LogP contribution is -2.44. The Morgan fingerprint density at radius 3 is 2.00 bits per heavy atom. The second-order valence-corrected chi connectivity index (χ2v) is 18.5. The van der Waals surface area contributed by atoms with Crippen molar-refractivity contribution in [2.45, 2.75) is 88.9 Å². The molecule has 0 radical (unpaired) electrons. The van der Waals surface area contributed by atoms with E-state index in [2.05, 4.69) is 81.0 Å². The SMILES string of the molecule is C/C(=C(/c1ccccc1)C(CCCCCCBr)O[Si](C)(C)C(C)(C)C)c1ccc(S(C)(=O)=O)cc1. The van der Waals surface area contributed by atoms with Crippen molar-refractivity contribution in [3.63, 3.8) is 0 Å². The standard InChI is InChI=1S/C29H43BrO3SSi/c1-23(24-18-20-26(21-19-24)34(5,31)32)28(25-15-11-10-12-16-25)27(17-13-8-9-14-22-30)33-35(6,7)29(2,3)4/h10-12,15-16,18-21,27H,8-9,13-14,17,22H2,1-7H3/b28-23+. The van der Waals surface area contributed by atoms with Crippen molar-refractivity contribution >= 4 is 45.2 Å². The molecule has 2 rings (SSSR count). The third-order valence-corrected chi connectivity index (χ3v) is 13.3. The fourth-order valence-corrected chi connectivity index (χ4v) is 6.27. The molecule has 0 saturated carbocycles. The van der Waals surface area contributed by atoms with E-state index in [9.17, 15) is 8.42 Å². The van der Waals surface area contributed by atoms with Crippen LogP contribution in [0.1, 0.15) is 70.9 Å². The summed E-state index contributed by atoms with van der Waals surface area (Å²) in [5.41, 5.74) is 4.55. The van der Waals surface area contributed by atoms with E-state index in [0.29, 0.717) is 4.90 Å². The van der Waals surface area contributed by atoms with Gasteiger partial charge in [0.05, 0.1) is 11.0 Å². The van der Waals surface area contributed by atoms with E-state index >= 15 is 0 Å². The average Bonchev–Trinajstić information content (AvgIpc) is 2.78. The number of unbranched alkanes of at least 4 members (excludes halogenated alkanes) is 3. The molecule has 2 aromatic rings. The molecule has 0 saturated heterocycles. The number of rotatable bonds is 12. The monoisotopic (exact) mass is 578 g/mol. The summed E-state index contributed by atoms with van der Waals surface area (Å²) in [7, 11) is -5.27. The maximum absolute atomic E-state index is 12.0. The normalized spacial score (nSPS) is 14.5. The lowest BCUT2D eigenvalue weighted by Gasteiger charge is -2.40. The molecule has 6 heteroatoms. The highest BCUT2D eigenvalue weighted by molar-refractivity contribution is 9.09. The quantitative estimate of drug-likeness (QED) is 0.109. The van der Waals surface area contributed by atoms with Gasteiger partial charge in [-0.05, 0) is 72.3 Å². The third-order valence-electron chi connectivity index (χ3n) is 7.12. The summed E-state index contributed by atoms with van der Waals surface area (Å²) in [6, 6.07) is 17.8. The molecule has 0 fully saturated rings. The largest absolute Gasteiger partial charge is 0.410 e. The van der Waals surface area contributed by atoms with E-state index in [4.69, 9.17) is 4.43 Å². The van der Waals surface area contributed by atoms with Gasteiger partial charge in [0, 0.05) is 11.6 Å². The Morgan fingerprint density at radius 2 is 1.49 bits per heavy atom. The van der Waals surface area contributed by atoms with Gasteiger partial charge in [-0.25, -0.2) is 8.42 Å². The van der Waals surface area contributed by atoms with Crippen molar-refractivity contribution in [3.8, 4) is 0 Å². The van der Waals surface area contributed by atoms with Crippen molar-refractivity contribution in [1.29, 1.82) is 0 Å². The van der Waals surface area contributed by atoms with E-state index in [1.807, 2.05) is 18.2 Å². The van der Waals surface area contributed by atoms with Gasteiger partial charge in [0.25, 0.3) is 0 Å². The van der Waals surface area contributed by atoms with Crippen LogP contribution in [0.4, 0.5) is 0 Å². The number of hydrogen-bond acceptors (Lipinski definition) is 3. The number of sulfone groups is 1. The van der Waals surface area contributed by atoms with E-state index < -0.39 is 18.2 Å². The molecular formula is C29H43BrO3SSi. The molecule has 35 heavy (non-hydrogen) atoms. The Bertz CT molecular complexity index is 1070. The molecule has 0 aliphatic rings. The summed E-state index contributed by atoms with van der Waals surface area (Å²) >= 11 is 3.54. The molecule has 1 unspecified atom stereocenters. The molecule has 0 bridgehead atoms. The zero-order valence-electron chi connectivity index (χ0n) is 22.5. The molecule has 3 nitrogen and oxygen atoms in total. The van der Waals surface area contributed by atoms with Crippen LogP contribution in [-0.2, 0) is 14.3 Å². The van der Waals surface area contributed by atoms with E-state index in [-0.39, 0.29) is 11.1 Å². The van der Waals surface area contributed by atoms with Gasteiger partial charge in [0.1, 0.15) is 0 Å². The molecule has 0 heterocycles. The topological polar surface area (TPSA) is 43.4 Å². The molecule has 0 N–H and O–H groups in total. The molecular weight excluding hydrogens is 536 g/mol. The molecule has 0 aliphatic heterocycles. The third kappa shape index (κ3) is 8.69. The van der Waals surface area contributed by atoms with Crippen LogP contribution in [0.2, 0.25) is 18.1 Å². The van der Waals surface area contributed by atoms with Crippen LogP contribution in [-0.4, -0.2) is 34.4 Å². The first-order valence-electron chi connectivity index (χ1n) is 12.6. The molecule has 0 aliphatic carbocycles. The molecule has 1 atom stereocenters. The zero-order valence-corrected chi connectivity index (χ0v) is 25.9. The fraction of sp³-hybridized carbons (Fsp3) is 0.517. The Kier molecular flexibility index (Phi) is 11.0. The van der Waals surface area contributed by atoms with Crippen LogP contribution in [0.5, 0.6) is 0 Å². The first kappa shape index (κ1) is 30.0. The van der Waals surface area contributed by atoms with Gasteiger partial charge in [0.15, 0.2) is 18.2 Å². The Balaban J connectivity index is 2.59. The first-order valence-corrected chi connectivity index (χ1v) is 18.5. The number of halogens is 1. The molecule has 0 aromatic heterocycles. The van der Waals surface area contributed by atoms with E-state index in [1.165, 1.54) is 36.7 Å².